The first-order valence-electron chi connectivity index (χ1n) is 8.60. The molecule has 0 spiro atoms. The Morgan fingerprint density at radius 1 is 1.19 bits per heavy atom. The van der Waals surface area contributed by atoms with Crippen LogP contribution in [0.2, 0.25) is 0 Å². The van der Waals surface area contributed by atoms with Gasteiger partial charge in [-0.25, -0.2) is 0 Å². The lowest BCUT2D eigenvalue weighted by Crippen LogP contribution is -2.42. The van der Waals surface area contributed by atoms with Gasteiger partial charge in [0.15, 0.2) is 5.96 Å². The van der Waals surface area contributed by atoms with E-state index in [2.05, 4.69) is 39.9 Å². The van der Waals surface area contributed by atoms with Crippen LogP contribution >= 0.6 is 24.0 Å². The third-order valence-electron chi connectivity index (χ3n) is 4.27. The van der Waals surface area contributed by atoms with E-state index < -0.39 is 0 Å². The van der Waals surface area contributed by atoms with E-state index in [9.17, 15) is 0 Å². The molecule has 140 valence electrons. The molecule has 1 aliphatic heterocycles. The van der Waals surface area contributed by atoms with Crippen molar-refractivity contribution in [2.24, 2.45) is 4.99 Å². The second-order valence-corrected chi connectivity index (χ2v) is 6.03. The Morgan fingerprint density at radius 2 is 2.04 bits per heavy atom. The summed E-state index contributed by atoms with van der Waals surface area (Å²) in [6.07, 6.45) is 1.99. The molecule has 2 aromatic rings. The van der Waals surface area contributed by atoms with Crippen LogP contribution in [0.25, 0.3) is 0 Å². The maximum atomic E-state index is 5.94. The van der Waals surface area contributed by atoms with Crippen molar-refractivity contribution in [3.05, 3.63) is 59.7 Å². The highest BCUT2D eigenvalue weighted by molar-refractivity contribution is 14.0. The third-order valence-corrected chi connectivity index (χ3v) is 4.27. The molecular weight excluding hydrogens is 441 g/mol. The Morgan fingerprint density at radius 3 is 2.81 bits per heavy atom. The maximum absolute atomic E-state index is 5.94. The monoisotopic (exact) mass is 467 g/mol. The van der Waals surface area contributed by atoms with Gasteiger partial charge < -0.3 is 20.1 Å². The van der Waals surface area contributed by atoms with Crippen LogP contribution in [-0.2, 0) is 12.8 Å². The van der Waals surface area contributed by atoms with Gasteiger partial charge in [0, 0.05) is 20.0 Å². The van der Waals surface area contributed by atoms with Crippen molar-refractivity contribution in [2.75, 3.05) is 27.2 Å². The number of fused-ring (bicyclic) bond motifs is 1. The smallest absolute Gasteiger partial charge is 0.191 e. The Hall–Kier alpha value is -1.96. The van der Waals surface area contributed by atoms with Gasteiger partial charge in [0.1, 0.15) is 17.6 Å². The highest BCUT2D eigenvalue weighted by Gasteiger charge is 2.22. The number of para-hydroxylation sites is 1. The number of halogens is 1. The topological polar surface area (TPSA) is 54.9 Å². The zero-order chi connectivity index (χ0) is 17.5. The Labute approximate surface area is 172 Å². The molecule has 0 saturated heterocycles. The van der Waals surface area contributed by atoms with Crippen LogP contribution in [0.15, 0.2) is 53.5 Å². The maximum Gasteiger partial charge on any atom is 0.191 e. The molecule has 2 aromatic carbocycles. The molecule has 3 rings (SSSR count). The molecular formula is C20H26IN3O2. The minimum atomic E-state index is 0. The first-order chi connectivity index (χ1) is 12.3. The van der Waals surface area contributed by atoms with E-state index in [4.69, 9.17) is 9.47 Å². The quantitative estimate of drug-likeness (QED) is 0.390. The molecule has 2 N–H and O–H groups in total. The molecule has 1 aliphatic rings. The predicted octanol–water partition coefficient (Wildman–Crippen LogP) is 3.02. The van der Waals surface area contributed by atoms with Crippen molar-refractivity contribution in [1.82, 2.24) is 10.6 Å². The summed E-state index contributed by atoms with van der Waals surface area (Å²) >= 11 is 0. The van der Waals surface area contributed by atoms with Crippen LogP contribution in [0.1, 0.15) is 11.1 Å². The molecule has 1 heterocycles. The van der Waals surface area contributed by atoms with Crippen LogP contribution in [0.3, 0.4) is 0 Å². The molecule has 0 amide bonds. The number of methoxy groups -OCH3 is 1. The molecule has 1 unspecified atom stereocenters. The molecule has 0 bridgehead atoms. The second kappa shape index (κ2) is 10.3. The summed E-state index contributed by atoms with van der Waals surface area (Å²) < 4.78 is 11.2. The number of hydrogen-bond acceptors (Lipinski definition) is 3. The number of hydrogen-bond donors (Lipinski definition) is 2. The van der Waals surface area contributed by atoms with Crippen molar-refractivity contribution in [1.29, 1.82) is 0 Å². The number of benzene rings is 2. The van der Waals surface area contributed by atoms with Gasteiger partial charge in [0.25, 0.3) is 0 Å². The van der Waals surface area contributed by atoms with Gasteiger partial charge in [0.2, 0.25) is 0 Å². The van der Waals surface area contributed by atoms with Crippen LogP contribution in [0.4, 0.5) is 0 Å². The summed E-state index contributed by atoms with van der Waals surface area (Å²) in [5, 5.41) is 6.69. The average Bonchev–Trinajstić information content (AvgIpc) is 3.07. The summed E-state index contributed by atoms with van der Waals surface area (Å²) in [6.45, 7) is 1.53. The van der Waals surface area contributed by atoms with Gasteiger partial charge in [-0.3, -0.25) is 4.99 Å². The van der Waals surface area contributed by atoms with E-state index in [0.717, 1.165) is 43.4 Å². The van der Waals surface area contributed by atoms with Crippen molar-refractivity contribution >= 4 is 29.9 Å². The minimum Gasteiger partial charge on any atom is -0.497 e. The lowest BCUT2D eigenvalue weighted by atomic mass is 10.1. The standard InChI is InChI=1S/C20H25N3O2.HI/c1-21-20(22-11-10-15-6-5-8-17(12-15)24-2)23-14-18-13-16-7-3-4-9-19(16)25-18;/h3-9,12,18H,10-11,13-14H2,1-2H3,(H2,21,22,23);1H. The molecule has 5 nitrogen and oxygen atoms in total. The van der Waals surface area contributed by atoms with Gasteiger partial charge in [-0.2, -0.15) is 0 Å². The van der Waals surface area contributed by atoms with Gasteiger partial charge in [-0.1, -0.05) is 30.3 Å². The van der Waals surface area contributed by atoms with E-state index in [0.29, 0.717) is 0 Å². The summed E-state index contributed by atoms with van der Waals surface area (Å²) in [5.41, 5.74) is 2.51. The van der Waals surface area contributed by atoms with Gasteiger partial charge in [-0.05, 0) is 35.7 Å². The van der Waals surface area contributed by atoms with E-state index in [-0.39, 0.29) is 30.1 Å². The van der Waals surface area contributed by atoms with Gasteiger partial charge in [-0.15, -0.1) is 24.0 Å². The van der Waals surface area contributed by atoms with Crippen LogP contribution in [0.5, 0.6) is 11.5 Å². The number of guanidine groups is 1. The van der Waals surface area contributed by atoms with Crippen LogP contribution in [0, 0.1) is 0 Å². The Balaban J connectivity index is 0.00000243. The summed E-state index contributed by atoms with van der Waals surface area (Å²) in [7, 11) is 3.47. The third kappa shape index (κ3) is 5.52. The van der Waals surface area contributed by atoms with E-state index in [1.54, 1.807) is 14.2 Å². The van der Waals surface area contributed by atoms with Crippen molar-refractivity contribution < 1.29 is 9.47 Å². The largest absolute Gasteiger partial charge is 0.497 e. The Kier molecular flexibility index (Phi) is 8.03. The molecule has 0 aromatic heterocycles. The zero-order valence-electron chi connectivity index (χ0n) is 15.2. The molecule has 0 fully saturated rings. The zero-order valence-corrected chi connectivity index (χ0v) is 17.5. The summed E-state index contributed by atoms with van der Waals surface area (Å²) in [6, 6.07) is 16.3. The van der Waals surface area contributed by atoms with Crippen molar-refractivity contribution in [2.45, 2.75) is 18.9 Å². The molecule has 0 saturated carbocycles. The van der Waals surface area contributed by atoms with Gasteiger partial charge in [0.05, 0.1) is 13.7 Å². The number of aliphatic imine (C=N–C) groups is 1. The first-order valence-corrected chi connectivity index (χ1v) is 8.60. The summed E-state index contributed by atoms with van der Waals surface area (Å²) in [4.78, 5) is 4.28. The average molecular weight is 467 g/mol. The second-order valence-electron chi connectivity index (χ2n) is 6.03. The van der Waals surface area contributed by atoms with Gasteiger partial charge >= 0.3 is 0 Å². The lowest BCUT2D eigenvalue weighted by Gasteiger charge is -2.15. The van der Waals surface area contributed by atoms with E-state index in [1.165, 1.54) is 11.1 Å². The Bertz CT molecular complexity index is 712. The van der Waals surface area contributed by atoms with E-state index >= 15 is 0 Å². The SMILES string of the molecule is CN=C(NCCc1cccc(OC)c1)NCC1Cc2ccccc2O1.I. The number of rotatable bonds is 6. The highest BCUT2D eigenvalue weighted by atomic mass is 127. The fraction of sp³-hybridized carbons (Fsp3) is 0.350. The predicted molar refractivity (Wildman–Crippen MR) is 116 cm³/mol. The van der Waals surface area contributed by atoms with Crippen LogP contribution < -0.4 is 20.1 Å². The fourth-order valence-corrected chi connectivity index (χ4v) is 2.95. The van der Waals surface area contributed by atoms with Crippen molar-refractivity contribution in [3.63, 3.8) is 0 Å². The molecule has 6 heteroatoms. The number of nitrogens with zero attached hydrogens (tertiary/aromatic N) is 1. The fourth-order valence-electron chi connectivity index (χ4n) is 2.95. The molecule has 0 aliphatic carbocycles. The first kappa shape index (κ1) is 20.4. The highest BCUT2D eigenvalue weighted by Crippen LogP contribution is 2.27. The van der Waals surface area contributed by atoms with E-state index in [1.807, 2.05) is 24.3 Å². The van der Waals surface area contributed by atoms with Crippen LogP contribution in [-0.4, -0.2) is 39.3 Å². The number of ether oxygens (including phenoxy) is 2. The number of nitrogens with one attached hydrogen (secondary N) is 2. The summed E-state index contributed by atoms with van der Waals surface area (Å²) in [5.74, 6) is 2.68. The molecule has 0 radical (unpaired) electrons. The molecule has 1 atom stereocenters. The lowest BCUT2D eigenvalue weighted by molar-refractivity contribution is 0.235. The van der Waals surface area contributed by atoms with Crippen molar-refractivity contribution in [3.8, 4) is 11.5 Å². The molecule has 26 heavy (non-hydrogen) atoms. The minimum absolute atomic E-state index is 0. The normalized spacial score (nSPS) is 15.5.